The maximum atomic E-state index is 13.8. The predicted molar refractivity (Wildman–Crippen MR) is 193 cm³/mol. The molecule has 1 atom stereocenters. The van der Waals surface area contributed by atoms with E-state index in [1.807, 2.05) is 104 Å². The first-order valence-corrected chi connectivity index (χ1v) is 16.5. The van der Waals surface area contributed by atoms with Gasteiger partial charge in [-0.1, -0.05) is 91.0 Å². The molecule has 0 bridgehead atoms. The molecule has 0 saturated heterocycles. The van der Waals surface area contributed by atoms with Crippen LogP contribution in [-0.4, -0.2) is 48.0 Å². The number of ether oxygens (including phenoxy) is 1. The van der Waals surface area contributed by atoms with E-state index in [4.69, 9.17) is 14.7 Å². The molecule has 0 spiro atoms. The van der Waals surface area contributed by atoms with Gasteiger partial charge in [-0.25, -0.2) is 14.4 Å². The van der Waals surface area contributed by atoms with Crippen molar-refractivity contribution in [3.63, 3.8) is 0 Å². The molecule has 4 aromatic carbocycles. The summed E-state index contributed by atoms with van der Waals surface area (Å²) in [4.78, 5) is 26.0. The number of likely N-dealkylation sites (N-methyl/N-ethyl adjacent to an activating group) is 1. The summed E-state index contributed by atoms with van der Waals surface area (Å²) in [5.74, 6) is 0.181. The Labute approximate surface area is 283 Å². The Morgan fingerprint density at radius 1 is 0.917 bits per heavy atom. The molecular weight excluding hydrogens is 622 g/mol. The van der Waals surface area contributed by atoms with Crippen molar-refractivity contribution in [3.05, 3.63) is 145 Å². The van der Waals surface area contributed by atoms with Crippen LogP contribution in [0.1, 0.15) is 17.2 Å². The second-order valence-corrected chi connectivity index (χ2v) is 12.6. The minimum atomic E-state index is -0.291. The highest BCUT2D eigenvalue weighted by atomic mass is 32.1. The summed E-state index contributed by atoms with van der Waals surface area (Å²) >= 11 is 1.60. The Hall–Kier alpha value is -5.22. The lowest BCUT2D eigenvalue weighted by atomic mass is 9.99. The summed E-state index contributed by atoms with van der Waals surface area (Å²) in [5.41, 5.74) is 5.42. The van der Waals surface area contributed by atoms with Gasteiger partial charge in [-0.05, 0) is 60.6 Å². The molecule has 0 radical (unpaired) electrons. The number of aromatic nitrogens is 2. The number of carbonyl (C=O) groups is 1. The maximum Gasteiger partial charge on any atom is 0.248 e. The first-order chi connectivity index (χ1) is 23.4. The Morgan fingerprint density at radius 2 is 1.67 bits per heavy atom. The molecule has 242 valence electrons. The fourth-order valence-electron chi connectivity index (χ4n) is 5.41. The van der Waals surface area contributed by atoms with Gasteiger partial charge in [-0.3, -0.25) is 4.79 Å². The van der Waals surface area contributed by atoms with Gasteiger partial charge < -0.3 is 20.3 Å². The topological polar surface area (TPSA) is 79.4 Å². The number of rotatable bonds is 13. The molecule has 0 aliphatic heterocycles. The van der Waals surface area contributed by atoms with Gasteiger partial charge in [0.05, 0.1) is 24.6 Å². The van der Waals surface area contributed by atoms with Crippen LogP contribution >= 0.6 is 11.3 Å². The number of benzene rings is 4. The summed E-state index contributed by atoms with van der Waals surface area (Å²) in [6.45, 7) is 1.26. The molecule has 9 heteroatoms. The van der Waals surface area contributed by atoms with Crippen molar-refractivity contribution in [2.45, 2.75) is 12.6 Å². The third kappa shape index (κ3) is 8.19. The Kier molecular flexibility index (Phi) is 10.6. The van der Waals surface area contributed by atoms with Crippen molar-refractivity contribution >= 4 is 39.0 Å². The van der Waals surface area contributed by atoms with Gasteiger partial charge in [0, 0.05) is 28.7 Å². The SMILES string of the molecule is CN(C)C/C=C/C(=O)Nc1cccc(-c2c(-c3ccccc3)sc3ncnc(N[C@H](COCc4cccc(F)c4)c4ccccc4)c23)c1. The standard InChI is InChI=1S/C39H36FN5O2S/c1-45(2)21-11-20-34(46)43-32-19-10-17-30(23-32)35-36-38(41-26-42-39(36)48-37(35)29-15-7-4-8-16-29)44-33(28-13-5-3-6-14-28)25-47-24-27-12-9-18-31(40)22-27/h3-20,22-23,26,33H,21,24-25H2,1-2H3,(H,43,46)(H,41,42,44)/b20-11+/t33-/m1/s1. The zero-order valence-electron chi connectivity index (χ0n) is 26.8. The van der Waals surface area contributed by atoms with Gasteiger partial charge in [0.2, 0.25) is 5.91 Å². The molecule has 0 fully saturated rings. The molecule has 2 N–H and O–H groups in total. The van der Waals surface area contributed by atoms with E-state index < -0.39 is 0 Å². The van der Waals surface area contributed by atoms with E-state index >= 15 is 0 Å². The van der Waals surface area contributed by atoms with E-state index in [0.717, 1.165) is 42.9 Å². The fourth-order valence-corrected chi connectivity index (χ4v) is 6.58. The summed E-state index contributed by atoms with van der Waals surface area (Å²) in [5, 5.41) is 7.55. The maximum absolute atomic E-state index is 13.8. The highest BCUT2D eigenvalue weighted by Gasteiger charge is 2.23. The monoisotopic (exact) mass is 657 g/mol. The minimum absolute atomic E-state index is 0.193. The van der Waals surface area contributed by atoms with Gasteiger partial charge in [0.25, 0.3) is 0 Å². The van der Waals surface area contributed by atoms with Crippen LogP contribution in [0.3, 0.4) is 0 Å². The van der Waals surface area contributed by atoms with Crippen LogP contribution in [-0.2, 0) is 16.1 Å². The number of nitrogens with zero attached hydrogens (tertiary/aromatic N) is 3. The lowest BCUT2D eigenvalue weighted by Gasteiger charge is -2.21. The summed E-state index contributed by atoms with van der Waals surface area (Å²) in [6, 6.07) is 34.3. The lowest BCUT2D eigenvalue weighted by Crippen LogP contribution is -2.18. The van der Waals surface area contributed by atoms with E-state index in [0.29, 0.717) is 24.7 Å². The average molecular weight is 658 g/mol. The zero-order chi connectivity index (χ0) is 33.3. The molecule has 6 rings (SSSR count). The number of fused-ring (bicyclic) bond motifs is 1. The number of hydrogen-bond donors (Lipinski definition) is 2. The number of carbonyl (C=O) groups excluding carboxylic acids is 1. The molecule has 1 amide bonds. The molecule has 2 heterocycles. The first-order valence-electron chi connectivity index (χ1n) is 15.6. The largest absolute Gasteiger partial charge is 0.374 e. The zero-order valence-corrected chi connectivity index (χ0v) is 27.6. The third-order valence-corrected chi connectivity index (χ3v) is 8.78. The molecule has 48 heavy (non-hydrogen) atoms. The number of hydrogen-bond acceptors (Lipinski definition) is 7. The summed E-state index contributed by atoms with van der Waals surface area (Å²) < 4.78 is 20.0. The second-order valence-electron chi connectivity index (χ2n) is 11.6. The molecule has 7 nitrogen and oxygen atoms in total. The van der Waals surface area contributed by atoms with Crippen LogP contribution in [0.5, 0.6) is 0 Å². The molecule has 0 aliphatic carbocycles. The van der Waals surface area contributed by atoms with Gasteiger partial charge in [0.15, 0.2) is 0 Å². The van der Waals surface area contributed by atoms with Crippen LogP contribution in [0.2, 0.25) is 0 Å². The van der Waals surface area contributed by atoms with E-state index in [1.165, 1.54) is 12.1 Å². The molecule has 2 aromatic heterocycles. The Bertz CT molecular complexity index is 2010. The normalized spacial score (nSPS) is 12.1. The van der Waals surface area contributed by atoms with Gasteiger partial charge >= 0.3 is 0 Å². The van der Waals surface area contributed by atoms with Crippen molar-refractivity contribution in [1.82, 2.24) is 14.9 Å². The Morgan fingerprint density at radius 3 is 2.44 bits per heavy atom. The Balaban J connectivity index is 1.38. The van der Waals surface area contributed by atoms with Crippen LogP contribution < -0.4 is 10.6 Å². The number of thiophene rings is 1. The van der Waals surface area contributed by atoms with Crippen LogP contribution in [0, 0.1) is 5.82 Å². The summed E-state index contributed by atoms with van der Waals surface area (Å²) in [6.07, 6.45) is 4.96. The second kappa shape index (κ2) is 15.6. The van der Waals surface area contributed by atoms with E-state index in [2.05, 4.69) is 22.8 Å². The lowest BCUT2D eigenvalue weighted by molar-refractivity contribution is -0.111. The first kappa shape index (κ1) is 32.7. The van der Waals surface area contributed by atoms with E-state index in [9.17, 15) is 9.18 Å². The van der Waals surface area contributed by atoms with Crippen molar-refractivity contribution in [2.24, 2.45) is 0 Å². The summed E-state index contributed by atoms with van der Waals surface area (Å²) in [7, 11) is 3.91. The molecule has 0 saturated carbocycles. The van der Waals surface area contributed by atoms with Crippen molar-refractivity contribution in [1.29, 1.82) is 0 Å². The average Bonchev–Trinajstić information content (AvgIpc) is 3.49. The molecule has 6 aromatic rings. The predicted octanol–water partition coefficient (Wildman–Crippen LogP) is 8.59. The van der Waals surface area contributed by atoms with Crippen molar-refractivity contribution in [2.75, 3.05) is 37.9 Å². The quantitative estimate of drug-likeness (QED) is 0.121. The third-order valence-electron chi connectivity index (χ3n) is 7.64. The van der Waals surface area contributed by atoms with Crippen LogP contribution in [0.15, 0.2) is 128 Å². The molecule has 0 unspecified atom stereocenters. The smallest absolute Gasteiger partial charge is 0.248 e. The minimum Gasteiger partial charge on any atom is -0.374 e. The van der Waals surface area contributed by atoms with Crippen molar-refractivity contribution < 1.29 is 13.9 Å². The van der Waals surface area contributed by atoms with E-state index in [1.54, 1.807) is 29.8 Å². The van der Waals surface area contributed by atoms with Crippen LogP contribution in [0.4, 0.5) is 15.9 Å². The van der Waals surface area contributed by atoms with Gasteiger partial charge in [-0.2, -0.15) is 0 Å². The highest BCUT2D eigenvalue weighted by molar-refractivity contribution is 7.22. The van der Waals surface area contributed by atoms with Gasteiger partial charge in [-0.15, -0.1) is 11.3 Å². The number of amides is 1. The molecule has 0 aliphatic rings. The van der Waals surface area contributed by atoms with Crippen molar-refractivity contribution in [3.8, 4) is 21.6 Å². The number of nitrogens with one attached hydrogen (secondary N) is 2. The fraction of sp³-hybridized carbons (Fsp3) is 0.154. The number of halogens is 1. The van der Waals surface area contributed by atoms with E-state index in [-0.39, 0.29) is 24.4 Å². The van der Waals surface area contributed by atoms with Gasteiger partial charge in [0.1, 0.15) is 22.8 Å². The van der Waals surface area contributed by atoms with Crippen LogP contribution in [0.25, 0.3) is 31.8 Å². The number of anilines is 2. The highest BCUT2D eigenvalue weighted by Crippen LogP contribution is 2.47. The molecular formula is C39H36FN5O2S.